The summed E-state index contributed by atoms with van der Waals surface area (Å²) in [7, 11) is 1.80. The lowest BCUT2D eigenvalue weighted by Gasteiger charge is -2.12. The molecular weight excluding hydrogens is 312 g/mol. The van der Waals surface area contributed by atoms with Crippen molar-refractivity contribution in [2.45, 2.75) is 31.7 Å². The Balaban J connectivity index is 1.95. The number of hydrogen-bond donors (Lipinski definition) is 0. The number of aromatic nitrogens is 2. The van der Waals surface area contributed by atoms with Crippen LogP contribution in [0.25, 0.3) is 10.2 Å². The third-order valence-electron chi connectivity index (χ3n) is 3.83. The van der Waals surface area contributed by atoms with Crippen LogP contribution in [0.1, 0.15) is 22.3 Å². The number of thiophene rings is 1. The van der Waals surface area contributed by atoms with Crippen LogP contribution in [-0.2, 0) is 12.8 Å². The van der Waals surface area contributed by atoms with Gasteiger partial charge in [0.1, 0.15) is 4.70 Å². The van der Waals surface area contributed by atoms with Crippen molar-refractivity contribution in [1.82, 2.24) is 9.55 Å². The molecule has 22 heavy (non-hydrogen) atoms. The van der Waals surface area contributed by atoms with Gasteiger partial charge >= 0.3 is 0 Å². The molecule has 0 atom stereocenters. The molecule has 3 nitrogen and oxygen atoms in total. The number of fused-ring (bicyclic) bond motifs is 1. The van der Waals surface area contributed by atoms with Gasteiger partial charge in [-0.15, -0.1) is 11.3 Å². The summed E-state index contributed by atoms with van der Waals surface area (Å²) in [4.78, 5) is 16.9. The van der Waals surface area contributed by atoms with Crippen molar-refractivity contribution in [3.63, 3.8) is 0 Å². The van der Waals surface area contributed by atoms with Crippen molar-refractivity contribution in [3.05, 3.63) is 56.2 Å². The molecule has 0 spiro atoms. The summed E-state index contributed by atoms with van der Waals surface area (Å²) in [5.74, 6) is 0.827. The van der Waals surface area contributed by atoms with Crippen molar-refractivity contribution in [2.75, 3.05) is 0 Å². The summed E-state index contributed by atoms with van der Waals surface area (Å²) >= 11 is 3.08. The first kappa shape index (κ1) is 15.3. The van der Waals surface area contributed by atoms with E-state index in [9.17, 15) is 4.79 Å². The predicted octanol–water partition coefficient (Wildman–Crippen LogP) is 4.21. The summed E-state index contributed by atoms with van der Waals surface area (Å²) in [5, 5.41) is 2.69. The lowest BCUT2D eigenvalue weighted by molar-refractivity contribution is 0.728. The average molecular weight is 330 g/mol. The number of nitrogens with zero attached hydrogens (tertiary/aromatic N) is 2. The zero-order valence-corrected chi connectivity index (χ0v) is 14.8. The Morgan fingerprint density at radius 2 is 1.91 bits per heavy atom. The normalized spacial score (nSPS) is 11.3. The minimum absolute atomic E-state index is 0.0415. The largest absolute Gasteiger partial charge is 0.290 e. The van der Waals surface area contributed by atoms with E-state index in [1.54, 1.807) is 23.4 Å². The maximum atomic E-state index is 12.3. The molecular formula is C17H18N2OS2. The van der Waals surface area contributed by atoms with Crippen LogP contribution in [0.15, 0.2) is 33.5 Å². The summed E-state index contributed by atoms with van der Waals surface area (Å²) in [6.07, 6.45) is 0. The Morgan fingerprint density at radius 1 is 1.23 bits per heavy atom. The van der Waals surface area contributed by atoms with E-state index in [2.05, 4.69) is 37.9 Å². The fraction of sp³-hybridized carbons (Fsp3) is 0.294. The van der Waals surface area contributed by atoms with Crippen LogP contribution < -0.4 is 5.56 Å². The van der Waals surface area contributed by atoms with Gasteiger partial charge in [-0.05, 0) is 48.9 Å². The molecule has 0 unspecified atom stereocenters. The van der Waals surface area contributed by atoms with Crippen molar-refractivity contribution in [3.8, 4) is 0 Å². The minimum atomic E-state index is 0.0415. The van der Waals surface area contributed by atoms with Gasteiger partial charge in [0.25, 0.3) is 5.56 Å². The smallest absolute Gasteiger partial charge is 0.271 e. The summed E-state index contributed by atoms with van der Waals surface area (Å²) in [5.41, 5.74) is 6.05. The Labute approximate surface area is 138 Å². The van der Waals surface area contributed by atoms with Gasteiger partial charge in [0, 0.05) is 12.8 Å². The molecule has 0 fully saturated rings. The number of thioether (sulfide) groups is 1. The van der Waals surface area contributed by atoms with E-state index >= 15 is 0 Å². The van der Waals surface area contributed by atoms with Crippen molar-refractivity contribution < 1.29 is 0 Å². The molecule has 0 aliphatic heterocycles. The van der Waals surface area contributed by atoms with Crippen molar-refractivity contribution >= 4 is 33.3 Å². The summed E-state index contributed by atoms with van der Waals surface area (Å²) in [6, 6.07) is 6.32. The molecule has 0 radical (unpaired) electrons. The van der Waals surface area contributed by atoms with E-state index in [4.69, 9.17) is 0 Å². The van der Waals surface area contributed by atoms with Crippen LogP contribution in [0.5, 0.6) is 0 Å². The van der Waals surface area contributed by atoms with Crippen LogP contribution in [0, 0.1) is 20.8 Å². The van der Waals surface area contributed by atoms with Gasteiger partial charge in [-0.3, -0.25) is 9.36 Å². The standard InChI is InChI=1S/C17H18N2OS2/c1-10-7-11(2)13(12(3)8-10)9-22-17-18-14-5-6-21-15(14)16(20)19(17)4/h5-8H,9H2,1-4H3. The first-order valence-corrected chi connectivity index (χ1v) is 8.97. The highest BCUT2D eigenvalue weighted by Crippen LogP contribution is 2.27. The topological polar surface area (TPSA) is 34.9 Å². The van der Waals surface area contributed by atoms with E-state index in [1.165, 1.54) is 33.6 Å². The molecule has 0 saturated heterocycles. The fourth-order valence-corrected chi connectivity index (χ4v) is 4.64. The van der Waals surface area contributed by atoms with Crippen LogP contribution in [-0.4, -0.2) is 9.55 Å². The third kappa shape index (κ3) is 2.71. The number of hydrogen-bond acceptors (Lipinski definition) is 4. The summed E-state index contributed by atoms with van der Waals surface area (Å²) < 4.78 is 2.39. The van der Waals surface area contributed by atoms with Gasteiger partial charge in [-0.25, -0.2) is 4.98 Å². The van der Waals surface area contributed by atoms with Crippen molar-refractivity contribution in [2.24, 2.45) is 7.05 Å². The lowest BCUT2D eigenvalue weighted by atomic mass is 10.0. The van der Waals surface area contributed by atoms with Crippen LogP contribution in [0.3, 0.4) is 0 Å². The average Bonchev–Trinajstić information content (AvgIpc) is 2.91. The van der Waals surface area contributed by atoms with E-state index < -0.39 is 0 Å². The minimum Gasteiger partial charge on any atom is -0.290 e. The van der Waals surface area contributed by atoms with Gasteiger partial charge in [0.2, 0.25) is 0 Å². The zero-order chi connectivity index (χ0) is 15.9. The second-order valence-electron chi connectivity index (χ2n) is 5.56. The first-order valence-electron chi connectivity index (χ1n) is 7.11. The monoisotopic (exact) mass is 330 g/mol. The van der Waals surface area contributed by atoms with E-state index in [0.29, 0.717) is 0 Å². The molecule has 5 heteroatoms. The molecule has 0 bridgehead atoms. The SMILES string of the molecule is Cc1cc(C)c(CSc2nc3ccsc3c(=O)n2C)c(C)c1. The first-order chi connectivity index (χ1) is 10.5. The number of benzene rings is 1. The molecule has 3 rings (SSSR count). The zero-order valence-electron chi connectivity index (χ0n) is 13.1. The van der Waals surface area contributed by atoms with Gasteiger partial charge < -0.3 is 0 Å². The fourth-order valence-electron chi connectivity index (χ4n) is 2.67. The Bertz CT molecular complexity index is 886. The molecule has 1 aromatic carbocycles. The van der Waals surface area contributed by atoms with E-state index in [-0.39, 0.29) is 5.56 Å². The molecule has 0 amide bonds. The highest BCUT2D eigenvalue weighted by Gasteiger charge is 2.11. The Hall–Kier alpha value is -1.59. The van der Waals surface area contributed by atoms with Crippen LogP contribution >= 0.6 is 23.1 Å². The third-order valence-corrected chi connectivity index (χ3v) is 5.78. The molecule has 3 aromatic rings. The predicted molar refractivity (Wildman–Crippen MR) is 95.1 cm³/mol. The van der Waals surface area contributed by atoms with E-state index in [1.807, 2.05) is 11.4 Å². The molecule has 0 N–H and O–H groups in total. The molecule has 2 aromatic heterocycles. The Morgan fingerprint density at radius 3 is 2.59 bits per heavy atom. The van der Waals surface area contributed by atoms with Crippen LogP contribution in [0.2, 0.25) is 0 Å². The molecule has 0 saturated carbocycles. The van der Waals surface area contributed by atoms with Crippen LogP contribution in [0.4, 0.5) is 0 Å². The lowest BCUT2D eigenvalue weighted by Crippen LogP contribution is -2.18. The summed E-state index contributed by atoms with van der Waals surface area (Å²) in [6.45, 7) is 6.40. The van der Waals surface area contributed by atoms with Crippen molar-refractivity contribution in [1.29, 1.82) is 0 Å². The Kier molecular flexibility index (Phi) is 4.10. The molecule has 0 aliphatic rings. The molecule has 2 heterocycles. The van der Waals surface area contributed by atoms with Gasteiger partial charge in [-0.2, -0.15) is 0 Å². The quantitative estimate of drug-likeness (QED) is 0.533. The van der Waals surface area contributed by atoms with Gasteiger partial charge in [0.05, 0.1) is 5.52 Å². The van der Waals surface area contributed by atoms with Gasteiger partial charge in [0.15, 0.2) is 5.16 Å². The maximum Gasteiger partial charge on any atom is 0.271 e. The molecule has 0 aliphatic carbocycles. The van der Waals surface area contributed by atoms with E-state index in [0.717, 1.165) is 21.1 Å². The second-order valence-corrected chi connectivity index (χ2v) is 7.42. The highest BCUT2D eigenvalue weighted by atomic mass is 32.2. The number of aryl methyl sites for hydroxylation is 3. The van der Waals surface area contributed by atoms with Gasteiger partial charge in [-0.1, -0.05) is 29.5 Å². The highest BCUT2D eigenvalue weighted by molar-refractivity contribution is 7.98. The molecule has 114 valence electrons. The number of rotatable bonds is 3. The maximum absolute atomic E-state index is 12.3. The second kappa shape index (κ2) is 5.89.